The molecule has 0 amide bonds. The van der Waals surface area contributed by atoms with Gasteiger partial charge < -0.3 is 10.1 Å². The molecule has 0 aliphatic carbocycles. The Morgan fingerprint density at radius 2 is 1.86 bits per heavy atom. The van der Waals surface area contributed by atoms with Gasteiger partial charge in [0.05, 0.1) is 0 Å². The molecule has 0 bridgehead atoms. The Morgan fingerprint density at radius 3 is 2.62 bits per heavy atom. The number of hydrogen-bond acceptors (Lipinski definition) is 2. The van der Waals surface area contributed by atoms with E-state index in [4.69, 9.17) is 27.9 Å². The van der Waals surface area contributed by atoms with E-state index in [-0.39, 0.29) is 12.1 Å². The lowest BCUT2D eigenvalue weighted by molar-refractivity contribution is 0.222. The van der Waals surface area contributed by atoms with Gasteiger partial charge in [0.15, 0.2) is 0 Å². The minimum absolute atomic E-state index is 0.160. The van der Waals surface area contributed by atoms with Crippen LogP contribution in [0.4, 0.5) is 0 Å². The lowest BCUT2D eigenvalue weighted by Crippen LogP contribution is -2.31. The second-order valence-electron chi connectivity index (χ2n) is 5.38. The van der Waals surface area contributed by atoms with E-state index in [1.54, 1.807) is 0 Å². The number of benzene rings is 2. The summed E-state index contributed by atoms with van der Waals surface area (Å²) in [6, 6.07) is 14.0. The molecule has 3 rings (SSSR count). The van der Waals surface area contributed by atoms with Gasteiger partial charge in [-0.3, -0.25) is 0 Å². The Hall–Kier alpha value is -1.22. The molecule has 110 valence electrons. The second kappa shape index (κ2) is 6.27. The maximum absolute atomic E-state index is 6.01. The van der Waals surface area contributed by atoms with Crippen molar-refractivity contribution in [2.45, 2.75) is 25.5 Å². The van der Waals surface area contributed by atoms with Crippen molar-refractivity contribution in [2.75, 3.05) is 6.54 Å². The molecule has 0 spiro atoms. The van der Waals surface area contributed by atoms with Crippen LogP contribution in [0.3, 0.4) is 0 Å². The smallest absolute Gasteiger partial charge is 0.123 e. The monoisotopic (exact) mass is 321 g/mol. The third kappa shape index (κ3) is 3.52. The van der Waals surface area contributed by atoms with Crippen LogP contribution in [0, 0.1) is 0 Å². The van der Waals surface area contributed by atoms with Gasteiger partial charge >= 0.3 is 0 Å². The van der Waals surface area contributed by atoms with Crippen molar-refractivity contribution in [3.63, 3.8) is 0 Å². The topological polar surface area (TPSA) is 21.3 Å². The van der Waals surface area contributed by atoms with Gasteiger partial charge in [-0.15, -0.1) is 0 Å². The largest absolute Gasteiger partial charge is 0.488 e. The van der Waals surface area contributed by atoms with Crippen LogP contribution in [0.2, 0.25) is 10.0 Å². The average molecular weight is 322 g/mol. The fourth-order valence-electron chi connectivity index (χ4n) is 2.58. The number of nitrogens with one attached hydrogen (secondary N) is 1. The normalized spacial score (nSPS) is 18.1. The van der Waals surface area contributed by atoms with Crippen molar-refractivity contribution >= 4 is 23.2 Å². The molecule has 1 aliphatic rings. The quantitative estimate of drug-likeness (QED) is 0.885. The van der Waals surface area contributed by atoms with Crippen LogP contribution < -0.4 is 10.1 Å². The van der Waals surface area contributed by atoms with Crippen LogP contribution in [0.25, 0.3) is 0 Å². The van der Waals surface area contributed by atoms with Crippen molar-refractivity contribution in [3.8, 4) is 5.75 Å². The van der Waals surface area contributed by atoms with Crippen molar-refractivity contribution in [1.82, 2.24) is 5.32 Å². The average Bonchev–Trinajstić information content (AvgIpc) is 2.87. The lowest BCUT2D eigenvalue weighted by atomic mass is 10.1. The van der Waals surface area contributed by atoms with Gasteiger partial charge in [-0.25, -0.2) is 0 Å². The van der Waals surface area contributed by atoms with Crippen molar-refractivity contribution < 1.29 is 4.74 Å². The summed E-state index contributed by atoms with van der Waals surface area (Å²) < 4.78 is 5.93. The fraction of sp³-hybridized carbons (Fsp3) is 0.294. The SMILES string of the molecule is CC(NCC1Cc2cc(Cl)ccc2O1)c1ccc(Cl)cc1. The van der Waals surface area contributed by atoms with Crippen molar-refractivity contribution in [2.24, 2.45) is 0 Å². The van der Waals surface area contributed by atoms with Gasteiger partial charge in [-0.05, 0) is 48.4 Å². The van der Waals surface area contributed by atoms with Crippen molar-refractivity contribution in [3.05, 3.63) is 63.6 Å². The minimum atomic E-state index is 0.160. The van der Waals surface area contributed by atoms with E-state index in [1.807, 2.05) is 42.5 Å². The first kappa shape index (κ1) is 14.7. The molecule has 0 saturated carbocycles. The standard InChI is InChI=1S/C17H17Cl2NO/c1-11(12-2-4-14(18)5-3-12)20-10-16-9-13-8-15(19)6-7-17(13)21-16/h2-8,11,16,20H,9-10H2,1H3. The maximum Gasteiger partial charge on any atom is 0.123 e. The van der Waals surface area contributed by atoms with E-state index in [2.05, 4.69) is 12.2 Å². The minimum Gasteiger partial charge on any atom is -0.488 e. The Balaban J connectivity index is 1.56. The van der Waals surface area contributed by atoms with Crippen molar-refractivity contribution in [1.29, 1.82) is 0 Å². The highest BCUT2D eigenvalue weighted by molar-refractivity contribution is 6.30. The summed E-state index contributed by atoms with van der Waals surface area (Å²) in [6.07, 6.45) is 1.06. The Bertz CT molecular complexity index is 627. The molecular formula is C17H17Cl2NO. The van der Waals surface area contributed by atoms with Crippen LogP contribution in [0.15, 0.2) is 42.5 Å². The Labute approximate surface area is 135 Å². The molecular weight excluding hydrogens is 305 g/mol. The zero-order valence-corrected chi connectivity index (χ0v) is 13.3. The molecule has 4 heteroatoms. The first-order valence-corrected chi connectivity index (χ1v) is 7.81. The zero-order chi connectivity index (χ0) is 14.8. The van der Waals surface area contributed by atoms with Gasteiger partial charge in [0.2, 0.25) is 0 Å². The molecule has 0 fully saturated rings. The van der Waals surface area contributed by atoms with Crippen LogP contribution in [-0.4, -0.2) is 12.6 Å². The molecule has 1 heterocycles. The number of rotatable bonds is 4. The predicted molar refractivity (Wildman–Crippen MR) is 87.4 cm³/mol. The molecule has 2 nitrogen and oxygen atoms in total. The van der Waals surface area contributed by atoms with Gasteiger partial charge in [-0.1, -0.05) is 35.3 Å². The number of hydrogen-bond donors (Lipinski definition) is 1. The summed E-state index contributed by atoms with van der Waals surface area (Å²) in [4.78, 5) is 0. The summed E-state index contributed by atoms with van der Waals surface area (Å²) in [5.74, 6) is 0.949. The summed E-state index contributed by atoms with van der Waals surface area (Å²) in [5.41, 5.74) is 2.41. The molecule has 1 aliphatic heterocycles. The van der Waals surface area contributed by atoms with Gasteiger partial charge in [0, 0.05) is 29.1 Å². The molecule has 2 aromatic rings. The highest BCUT2D eigenvalue weighted by Gasteiger charge is 2.23. The van der Waals surface area contributed by atoms with Gasteiger partial charge in [0.1, 0.15) is 11.9 Å². The zero-order valence-electron chi connectivity index (χ0n) is 11.8. The summed E-state index contributed by atoms with van der Waals surface area (Å²) in [5, 5.41) is 5.03. The Morgan fingerprint density at radius 1 is 1.14 bits per heavy atom. The third-order valence-electron chi connectivity index (χ3n) is 3.79. The fourth-order valence-corrected chi connectivity index (χ4v) is 2.90. The van der Waals surface area contributed by atoms with E-state index in [0.717, 1.165) is 28.8 Å². The van der Waals surface area contributed by atoms with E-state index in [9.17, 15) is 0 Å². The first-order valence-electron chi connectivity index (χ1n) is 7.06. The number of ether oxygens (including phenoxy) is 1. The first-order chi connectivity index (χ1) is 10.1. The number of halogens is 2. The summed E-state index contributed by atoms with van der Waals surface area (Å²) in [6.45, 7) is 2.94. The van der Waals surface area contributed by atoms with Gasteiger partial charge in [0.25, 0.3) is 0 Å². The van der Waals surface area contributed by atoms with E-state index in [0.29, 0.717) is 0 Å². The highest BCUT2D eigenvalue weighted by atomic mass is 35.5. The second-order valence-corrected chi connectivity index (χ2v) is 6.25. The molecule has 1 N–H and O–H groups in total. The molecule has 2 atom stereocenters. The van der Waals surface area contributed by atoms with E-state index >= 15 is 0 Å². The lowest BCUT2D eigenvalue weighted by Gasteiger charge is -2.17. The number of fused-ring (bicyclic) bond motifs is 1. The highest BCUT2D eigenvalue weighted by Crippen LogP contribution is 2.31. The summed E-state index contributed by atoms with van der Waals surface area (Å²) in [7, 11) is 0. The van der Waals surface area contributed by atoms with E-state index < -0.39 is 0 Å². The third-order valence-corrected chi connectivity index (χ3v) is 4.27. The van der Waals surface area contributed by atoms with Crippen LogP contribution in [0.5, 0.6) is 5.75 Å². The summed E-state index contributed by atoms with van der Waals surface area (Å²) >= 11 is 11.9. The Kier molecular flexibility index (Phi) is 4.39. The molecule has 2 unspecified atom stereocenters. The molecule has 0 saturated heterocycles. The molecule has 21 heavy (non-hydrogen) atoms. The van der Waals surface area contributed by atoms with E-state index in [1.165, 1.54) is 11.1 Å². The predicted octanol–water partition coefficient (Wildman–Crippen LogP) is 4.65. The molecule has 0 radical (unpaired) electrons. The van der Waals surface area contributed by atoms with Crippen LogP contribution in [0.1, 0.15) is 24.1 Å². The molecule has 0 aromatic heterocycles. The molecule has 2 aromatic carbocycles. The maximum atomic E-state index is 6.01. The van der Waals surface area contributed by atoms with Gasteiger partial charge in [-0.2, -0.15) is 0 Å². The van der Waals surface area contributed by atoms with Crippen LogP contribution >= 0.6 is 23.2 Å². The van der Waals surface area contributed by atoms with Crippen LogP contribution in [-0.2, 0) is 6.42 Å².